The molecule has 9 heteroatoms. The Kier molecular flexibility index (Phi) is 5.94. The molecule has 35 heavy (non-hydrogen) atoms. The molecule has 0 radical (unpaired) electrons. The lowest BCUT2D eigenvalue weighted by atomic mass is 9.98. The van der Waals surface area contributed by atoms with Gasteiger partial charge in [0.2, 0.25) is 5.76 Å². The van der Waals surface area contributed by atoms with Crippen molar-refractivity contribution in [1.82, 2.24) is 4.98 Å². The molecule has 5 rings (SSSR count). The zero-order valence-electron chi connectivity index (χ0n) is 19.3. The summed E-state index contributed by atoms with van der Waals surface area (Å²) in [6.45, 7) is 5.78. The molecule has 0 N–H and O–H groups in total. The Morgan fingerprint density at radius 2 is 1.94 bits per heavy atom. The Balaban J connectivity index is 1.73. The zero-order chi connectivity index (χ0) is 24.9. The molecule has 2 aromatic carbocycles. The molecule has 7 nitrogen and oxygen atoms in total. The van der Waals surface area contributed by atoms with E-state index in [-0.39, 0.29) is 28.1 Å². The van der Waals surface area contributed by atoms with Crippen LogP contribution in [0.15, 0.2) is 51.7 Å². The van der Waals surface area contributed by atoms with Gasteiger partial charge >= 0.3 is 0 Å². The molecule has 1 aliphatic heterocycles. The van der Waals surface area contributed by atoms with Crippen LogP contribution < -0.4 is 15.1 Å². The highest BCUT2D eigenvalue weighted by Gasteiger charge is 2.45. The summed E-state index contributed by atoms with van der Waals surface area (Å²) in [6, 6.07) is 11.2. The van der Waals surface area contributed by atoms with E-state index in [1.165, 1.54) is 17.9 Å². The molecule has 4 aromatic rings. The smallest absolute Gasteiger partial charge is 0.297 e. The maximum atomic E-state index is 13.7. The highest BCUT2D eigenvalue weighted by atomic mass is 35.5. The molecule has 3 heterocycles. The minimum Gasteiger partial charge on any atom is -0.494 e. The highest BCUT2D eigenvalue weighted by molar-refractivity contribution is 7.17. The summed E-state index contributed by atoms with van der Waals surface area (Å²) >= 11 is 7.26. The van der Waals surface area contributed by atoms with Crippen LogP contribution in [0.3, 0.4) is 0 Å². The van der Waals surface area contributed by atoms with E-state index in [1.54, 1.807) is 31.2 Å². The fraction of sp³-hybridized carbons (Fsp3) is 0.231. The normalized spacial score (nSPS) is 15.0. The summed E-state index contributed by atoms with van der Waals surface area (Å²) in [5.41, 5.74) is 1.36. The maximum absolute atomic E-state index is 13.7. The SMILES string of the molecule is CCCOc1ccc(C2c3c(oc4ccc(Cl)cc4c3=O)C(=O)N2c2nc(C)c(C(C)=O)s2)cc1. The zero-order valence-corrected chi connectivity index (χ0v) is 20.8. The van der Waals surface area contributed by atoms with E-state index in [2.05, 4.69) is 4.98 Å². The lowest BCUT2D eigenvalue weighted by Crippen LogP contribution is -2.29. The van der Waals surface area contributed by atoms with Gasteiger partial charge in [-0.05, 0) is 49.2 Å². The van der Waals surface area contributed by atoms with E-state index < -0.39 is 11.9 Å². The summed E-state index contributed by atoms with van der Waals surface area (Å²) < 4.78 is 11.6. The number of nitrogens with zero attached hydrogens (tertiary/aromatic N) is 2. The van der Waals surface area contributed by atoms with Crippen LogP contribution in [0.1, 0.15) is 63.4 Å². The predicted octanol–water partition coefficient (Wildman–Crippen LogP) is 5.95. The van der Waals surface area contributed by atoms with Crippen molar-refractivity contribution >= 4 is 50.7 Å². The fourth-order valence-electron chi connectivity index (χ4n) is 4.24. The molecule has 1 amide bonds. The van der Waals surface area contributed by atoms with Crippen LogP contribution in [-0.2, 0) is 0 Å². The van der Waals surface area contributed by atoms with Crippen LogP contribution in [0.5, 0.6) is 5.75 Å². The van der Waals surface area contributed by atoms with Crippen LogP contribution >= 0.6 is 22.9 Å². The molecule has 2 aromatic heterocycles. The Morgan fingerprint density at radius 3 is 2.60 bits per heavy atom. The monoisotopic (exact) mass is 508 g/mol. The van der Waals surface area contributed by atoms with Crippen LogP contribution in [0.2, 0.25) is 5.02 Å². The molecule has 1 atom stereocenters. The van der Waals surface area contributed by atoms with E-state index in [0.717, 1.165) is 17.8 Å². The minimum atomic E-state index is -0.789. The Labute approximate surface area is 209 Å². The first-order valence-electron chi connectivity index (χ1n) is 11.1. The number of hydrogen-bond acceptors (Lipinski definition) is 7. The van der Waals surface area contributed by atoms with Gasteiger partial charge in [-0.3, -0.25) is 19.3 Å². The second-order valence-electron chi connectivity index (χ2n) is 8.28. The van der Waals surface area contributed by atoms with Crippen molar-refractivity contribution in [3.8, 4) is 5.75 Å². The second kappa shape index (κ2) is 8.94. The lowest BCUT2D eigenvalue weighted by molar-refractivity contribution is 0.0969. The summed E-state index contributed by atoms with van der Waals surface area (Å²) in [7, 11) is 0. The van der Waals surface area contributed by atoms with E-state index in [9.17, 15) is 14.4 Å². The molecule has 0 spiro atoms. The number of rotatable bonds is 6. The number of hydrogen-bond donors (Lipinski definition) is 0. The molecule has 0 bridgehead atoms. The number of fused-ring (bicyclic) bond motifs is 2. The Morgan fingerprint density at radius 1 is 1.20 bits per heavy atom. The molecular weight excluding hydrogens is 488 g/mol. The van der Waals surface area contributed by atoms with E-state index in [1.807, 2.05) is 19.1 Å². The van der Waals surface area contributed by atoms with Gasteiger partial charge in [-0.25, -0.2) is 4.98 Å². The van der Waals surface area contributed by atoms with Gasteiger partial charge in [0.05, 0.1) is 34.2 Å². The summed E-state index contributed by atoms with van der Waals surface area (Å²) in [5.74, 6) is 0.0134. The third-order valence-corrected chi connectivity index (χ3v) is 7.30. The van der Waals surface area contributed by atoms with Gasteiger partial charge in [0, 0.05) is 11.9 Å². The number of anilines is 1. The molecule has 0 aliphatic carbocycles. The molecule has 0 saturated heterocycles. The van der Waals surface area contributed by atoms with Crippen molar-refractivity contribution in [3.63, 3.8) is 0 Å². The van der Waals surface area contributed by atoms with E-state index >= 15 is 0 Å². The predicted molar refractivity (Wildman–Crippen MR) is 135 cm³/mol. The molecule has 178 valence electrons. The van der Waals surface area contributed by atoms with Crippen LogP contribution in [0.4, 0.5) is 5.13 Å². The van der Waals surface area contributed by atoms with Crippen molar-refractivity contribution in [3.05, 3.63) is 85.2 Å². The lowest BCUT2D eigenvalue weighted by Gasteiger charge is -2.22. The van der Waals surface area contributed by atoms with E-state index in [0.29, 0.717) is 44.0 Å². The number of Topliss-reactive ketones (excluding diaryl/α,β-unsaturated/α-hetero) is 1. The number of ether oxygens (including phenoxy) is 1. The molecular formula is C26H21ClN2O5S. The van der Waals surface area contributed by atoms with Gasteiger partial charge in [0.25, 0.3) is 5.91 Å². The Hall–Kier alpha value is -3.49. The largest absolute Gasteiger partial charge is 0.494 e. The fourth-order valence-corrected chi connectivity index (χ4v) is 5.40. The topological polar surface area (TPSA) is 89.7 Å². The average Bonchev–Trinajstić information content (AvgIpc) is 3.36. The number of aryl methyl sites for hydroxylation is 1. The van der Waals surface area contributed by atoms with Crippen molar-refractivity contribution in [2.45, 2.75) is 33.2 Å². The number of benzene rings is 2. The summed E-state index contributed by atoms with van der Waals surface area (Å²) in [6.07, 6.45) is 0.874. The number of halogens is 1. The average molecular weight is 509 g/mol. The molecule has 0 saturated carbocycles. The van der Waals surface area contributed by atoms with Gasteiger partial charge in [0.1, 0.15) is 11.3 Å². The van der Waals surface area contributed by atoms with Crippen molar-refractivity contribution in [2.24, 2.45) is 0 Å². The van der Waals surface area contributed by atoms with Crippen molar-refractivity contribution in [2.75, 3.05) is 11.5 Å². The van der Waals surface area contributed by atoms with Crippen LogP contribution in [-0.4, -0.2) is 23.3 Å². The van der Waals surface area contributed by atoms with Crippen molar-refractivity contribution < 1.29 is 18.7 Å². The highest BCUT2D eigenvalue weighted by Crippen LogP contribution is 2.43. The molecule has 1 unspecified atom stereocenters. The van der Waals surface area contributed by atoms with Crippen molar-refractivity contribution in [1.29, 1.82) is 0 Å². The first-order chi connectivity index (χ1) is 16.8. The van der Waals surface area contributed by atoms with Crippen LogP contribution in [0.25, 0.3) is 11.0 Å². The van der Waals surface area contributed by atoms with Gasteiger partial charge in [-0.2, -0.15) is 0 Å². The number of ketones is 1. The number of carbonyl (C=O) groups is 2. The van der Waals surface area contributed by atoms with Crippen LogP contribution in [0, 0.1) is 6.92 Å². The van der Waals surface area contributed by atoms with E-state index in [4.69, 9.17) is 20.8 Å². The first kappa shape index (κ1) is 23.3. The van der Waals surface area contributed by atoms with Gasteiger partial charge in [0.15, 0.2) is 16.3 Å². The number of carbonyl (C=O) groups excluding carboxylic acids is 2. The molecule has 1 aliphatic rings. The quantitative estimate of drug-likeness (QED) is 0.299. The summed E-state index contributed by atoms with van der Waals surface area (Å²) in [4.78, 5) is 45.8. The third-order valence-electron chi connectivity index (χ3n) is 5.81. The number of thiazole rings is 1. The minimum absolute atomic E-state index is 0.0432. The maximum Gasteiger partial charge on any atom is 0.297 e. The number of aromatic nitrogens is 1. The standard InChI is InChI=1S/C26H21ClN2O5S/c1-4-11-33-17-8-5-15(6-9-17)21-20-22(31)18-12-16(27)7-10-19(18)34-23(20)25(32)29(21)26-28-13(2)24(35-26)14(3)30/h5-10,12,21H,4,11H2,1-3H3. The second-order valence-corrected chi connectivity index (χ2v) is 9.69. The summed E-state index contributed by atoms with van der Waals surface area (Å²) in [5, 5.41) is 1.00. The Bertz CT molecular complexity index is 1540. The number of amides is 1. The third kappa shape index (κ3) is 3.92. The molecule has 0 fully saturated rings. The van der Waals surface area contributed by atoms with Gasteiger partial charge in [-0.1, -0.05) is 42.0 Å². The first-order valence-corrected chi connectivity index (χ1v) is 12.3. The van der Waals surface area contributed by atoms with Gasteiger partial charge < -0.3 is 9.15 Å². The van der Waals surface area contributed by atoms with Gasteiger partial charge in [-0.15, -0.1) is 0 Å².